The lowest BCUT2D eigenvalue weighted by Gasteiger charge is -2.03. The predicted octanol–water partition coefficient (Wildman–Crippen LogP) is 6.70. The largest absolute Gasteiger partial charge is 0.139 e. The van der Waals surface area contributed by atoms with Gasteiger partial charge in [0.2, 0.25) is 0 Å². The summed E-state index contributed by atoms with van der Waals surface area (Å²) in [6.07, 6.45) is 4.38. The van der Waals surface area contributed by atoms with E-state index in [0.717, 1.165) is 12.8 Å². The van der Waals surface area contributed by atoms with Gasteiger partial charge in [0.05, 0.1) is 0 Å². The molecule has 21 heavy (non-hydrogen) atoms. The highest BCUT2D eigenvalue weighted by Crippen LogP contribution is 2.38. The molecule has 2 aromatic heterocycles. The van der Waals surface area contributed by atoms with Gasteiger partial charge in [-0.1, -0.05) is 42.8 Å². The summed E-state index contributed by atoms with van der Waals surface area (Å²) in [7, 11) is 0. The predicted molar refractivity (Wildman–Crippen MR) is 97.7 cm³/mol. The summed E-state index contributed by atoms with van der Waals surface area (Å²) in [6, 6.07) is 13.7. The molecule has 0 aliphatic heterocycles. The lowest BCUT2D eigenvalue weighted by atomic mass is 10.0. The van der Waals surface area contributed by atoms with Crippen LogP contribution in [0, 0.1) is 0 Å². The van der Waals surface area contributed by atoms with Crippen molar-refractivity contribution >= 4 is 32.1 Å². The van der Waals surface area contributed by atoms with E-state index in [9.17, 15) is 0 Å². The van der Waals surface area contributed by atoms with Crippen molar-refractivity contribution in [2.45, 2.75) is 33.6 Å². The van der Waals surface area contributed by atoms with Crippen molar-refractivity contribution in [2.75, 3.05) is 0 Å². The Morgan fingerprint density at radius 2 is 1.76 bits per heavy atom. The SMILES string of the molecule is CC=C(C)Cc1ccc(-c2cc3sc(CC)cc3s2)cc1. The maximum atomic E-state index is 2.35. The van der Waals surface area contributed by atoms with Gasteiger partial charge in [0.1, 0.15) is 0 Å². The van der Waals surface area contributed by atoms with Crippen molar-refractivity contribution < 1.29 is 0 Å². The average Bonchev–Trinajstić information content (AvgIpc) is 3.06. The highest BCUT2D eigenvalue weighted by Gasteiger charge is 2.07. The maximum Gasteiger partial charge on any atom is 0.0460 e. The average molecular weight is 313 g/mol. The van der Waals surface area contributed by atoms with E-state index >= 15 is 0 Å². The molecule has 3 rings (SSSR count). The molecule has 0 unspecified atom stereocenters. The summed E-state index contributed by atoms with van der Waals surface area (Å²) in [5, 5.41) is 0. The van der Waals surface area contributed by atoms with Crippen LogP contribution in [0.25, 0.3) is 19.8 Å². The third kappa shape index (κ3) is 3.12. The van der Waals surface area contributed by atoms with Gasteiger partial charge >= 0.3 is 0 Å². The Labute approximate surface area is 134 Å². The smallest absolute Gasteiger partial charge is 0.0460 e. The first-order valence-corrected chi connectivity index (χ1v) is 9.06. The first-order chi connectivity index (χ1) is 10.2. The van der Waals surface area contributed by atoms with E-state index < -0.39 is 0 Å². The zero-order valence-electron chi connectivity index (χ0n) is 12.8. The first-order valence-electron chi connectivity index (χ1n) is 7.43. The Hall–Kier alpha value is -1.38. The second-order valence-corrected chi connectivity index (χ2v) is 7.67. The number of rotatable bonds is 4. The van der Waals surface area contributed by atoms with Crippen molar-refractivity contribution in [3.63, 3.8) is 0 Å². The summed E-state index contributed by atoms with van der Waals surface area (Å²) in [4.78, 5) is 2.87. The van der Waals surface area contributed by atoms with Crippen LogP contribution in [-0.2, 0) is 12.8 Å². The standard InChI is InChI=1S/C19H20S2/c1-4-13(3)10-14-6-8-15(9-7-14)17-12-19-18(21-17)11-16(5-2)20-19/h4,6-9,11-12H,5,10H2,1-3H3. The van der Waals surface area contributed by atoms with Crippen LogP contribution in [0.1, 0.15) is 31.2 Å². The van der Waals surface area contributed by atoms with Crippen LogP contribution in [0.3, 0.4) is 0 Å². The molecule has 2 heterocycles. The van der Waals surface area contributed by atoms with Crippen molar-refractivity contribution in [3.05, 3.63) is 58.5 Å². The Balaban J connectivity index is 1.86. The van der Waals surface area contributed by atoms with Crippen LogP contribution in [-0.4, -0.2) is 0 Å². The second-order valence-electron chi connectivity index (χ2n) is 5.41. The molecular weight excluding hydrogens is 292 g/mol. The minimum absolute atomic E-state index is 1.05. The molecule has 1 aromatic carbocycles. The van der Waals surface area contributed by atoms with Gasteiger partial charge in [0.15, 0.2) is 0 Å². The van der Waals surface area contributed by atoms with Crippen LogP contribution < -0.4 is 0 Å². The second kappa shape index (κ2) is 6.17. The fourth-order valence-corrected chi connectivity index (χ4v) is 4.78. The van der Waals surface area contributed by atoms with Crippen molar-refractivity contribution in [3.8, 4) is 10.4 Å². The van der Waals surface area contributed by atoms with Gasteiger partial charge in [-0.05, 0) is 49.9 Å². The van der Waals surface area contributed by atoms with E-state index in [1.807, 2.05) is 22.7 Å². The molecular formula is C19H20S2. The summed E-state index contributed by atoms with van der Waals surface area (Å²) in [5.41, 5.74) is 4.15. The monoisotopic (exact) mass is 312 g/mol. The molecule has 0 spiro atoms. The van der Waals surface area contributed by atoms with Crippen molar-refractivity contribution in [1.29, 1.82) is 0 Å². The summed E-state index contributed by atoms with van der Waals surface area (Å²) in [5.74, 6) is 0. The molecule has 0 nitrogen and oxygen atoms in total. The normalized spacial score (nSPS) is 12.2. The lowest BCUT2D eigenvalue weighted by molar-refractivity contribution is 1.14. The maximum absolute atomic E-state index is 2.35. The topological polar surface area (TPSA) is 0 Å². The lowest BCUT2D eigenvalue weighted by Crippen LogP contribution is -1.86. The molecule has 0 fully saturated rings. The Bertz CT molecular complexity index is 738. The Kier molecular flexibility index (Phi) is 4.27. The minimum atomic E-state index is 1.05. The van der Waals surface area contributed by atoms with Crippen LogP contribution >= 0.6 is 22.7 Å². The van der Waals surface area contributed by atoms with Gasteiger partial charge in [-0.15, -0.1) is 22.7 Å². The number of aryl methyl sites for hydroxylation is 1. The van der Waals surface area contributed by atoms with Crippen LogP contribution in [0.4, 0.5) is 0 Å². The molecule has 0 radical (unpaired) electrons. The molecule has 0 amide bonds. The molecule has 0 saturated heterocycles. The van der Waals surface area contributed by atoms with Gasteiger partial charge in [0.25, 0.3) is 0 Å². The molecule has 0 atom stereocenters. The number of allylic oxidation sites excluding steroid dienone is 2. The number of thiophene rings is 2. The molecule has 0 bridgehead atoms. The molecule has 2 heteroatoms. The summed E-state index contributed by atoms with van der Waals surface area (Å²) < 4.78 is 2.86. The zero-order chi connectivity index (χ0) is 14.8. The number of fused-ring (bicyclic) bond motifs is 1. The third-order valence-corrected chi connectivity index (χ3v) is 6.31. The molecule has 0 saturated carbocycles. The van der Waals surface area contributed by atoms with E-state index in [0.29, 0.717) is 0 Å². The molecule has 108 valence electrons. The minimum Gasteiger partial charge on any atom is -0.139 e. The fourth-order valence-electron chi connectivity index (χ4n) is 2.41. The van der Waals surface area contributed by atoms with E-state index in [1.165, 1.54) is 35.9 Å². The third-order valence-electron chi connectivity index (χ3n) is 3.82. The highest BCUT2D eigenvalue weighted by atomic mass is 32.1. The van der Waals surface area contributed by atoms with Crippen LogP contribution in [0.2, 0.25) is 0 Å². The van der Waals surface area contributed by atoms with Crippen LogP contribution in [0.15, 0.2) is 48.0 Å². The zero-order valence-corrected chi connectivity index (χ0v) is 14.4. The van der Waals surface area contributed by atoms with Gasteiger partial charge in [-0.3, -0.25) is 0 Å². The number of hydrogen-bond donors (Lipinski definition) is 0. The van der Waals surface area contributed by atoms with Gasteiger partial charge < -0.3 is 0 Å². The summed E-state index contributed by atoms with van der Waals surface area (Å²) in [6.45, 7) is 6.51. The molecule has 0 N–H and O–H groups in total. The highest BCUT2D eigenvalue weighted by molar-refractivity contribution is 7.29. The quantitative estimate of drug-likeness (QED) is 0.470. The number of hydrogen-bond acceptors (Lipinski definition) is 2. The number of benzene rings is 1. The van der Waals surface area contributed by atoms with E-state index in [4.69, 9.17) is 0 Å². The Morgan fingerprint density at radius 3 is 2.38 bits per heavy atom. The van der Waals surface area contributed by atoms with Crippen molar-refractivity contribution in [2.24, 2.45) is 0 Å². The van der Waals surface area contributed by atoms with Crippen molar-refractivity contribution in [1.82, 2.24) is 0 Å². The molecule has 3 aromatic rings. The van der Waals surface area contributed by atoms with Gasteiger partial charge in [-0.2, -0.15) is 0 Å². The van der Waals surface area contributed by atoms with Gasteiger partial charge in [0, 0.05) is 19.2 Å². The fraction of sp³-hybridized carbons (Fsp3) is 0.263. The van der Waals surface area contributed by atoms with E-state index in [1.54, 1.807) is 0 Å². The summed E-state index contributed by atoms with van der Waals surface area (Å²) >= 11 is 3.84. The van der Waals surface area contributed by atoms with Gasteiger partial charge in [-0.25, -0.2) is 0 Å². The molecule has 0 aliphatic carbocycles. The van der Waals surface area contributed by atoms with E-state index in [2.05, 4.69) is 63.2 Å². The molecule has 0 aliphatic rings. The van der Waals surface area contributed by atoms with Crippen LogP contribution in [0.5, 0.6) is 0 Å². The van der Waals surface area contributed by atoms with E-state index in [-0.39, 0.29) is 0 Å². The Morgan fingerprint density at radius 1 is 1.05 bits per heavy atom. The first kappa shape index (κ1) is 14.6.